The molecule has 3 aromatic rings. The average Bonchev–Trinajstić information content (AvgIpc) is 3.07. The molecule has 0 fully saturated rings. The molecule has 3 aromatic carbocycles. The summed E-state index contributed by atoms with van der Waals surface area (Å²) < 4.78 is 68.8. The summed E-state index contributed by atoms with van der Waals surface area (Å²) in [5, 5.41) is 0. The van der Waals surface area contributed by atoms with E-state index in [0.717, 1.165) is 41.7 Å². The number of benzene rings is 3. The zero-order chi connectivity index (χ0) is 22.2. The molecule has 4 rings (SSSR count). The van der Waals surface area contributed by atoms with Gasteiger partial charge in [0.1, 0.15) is 0 Å². The van der Waals surface area contributed by atoms with Crippen LogP contribution in [0.1, 0.15) is 42.9 Å². The highest BCUT2D eigenvalue weighted by molar-refractivity contribution is 5.80. The number of halogens is 5. The van der Waals surface area contributed by atoms with Crippen LogP contribution in [0.25, 0.3) is 22.3 Å². The molecule has 0 bridgehead atoms. The first kappa shape index (κ1) is 21.3. The molecule has 1 aliphatic rings. The van der Waals surface area contributed by atoms with Crippen molar-refractivity contribution in [1.29, 1.82) is 0 Å². The maximum atomic E-state index is 14.1. The molecule has 1 nitrogen and oxygen atoms in total. The molecular formula is C25H21F5O. The fourth-order valence-electron chi connectivity index (χ4n) is 4.12. The van der Waals surface area contributed by atoms with Gasteiger partial charge in [-0.25, -0.2) is 8.78 Å². The molecule has 162 valence electrons. The lowest BCUT2D eigenvalue weighted by Gasteiger charge is -2.12. The van der Waals surface area contributed by atoms with Crippen LogP contribution in [0.2, 0.25) is 0 Å². The van der Waals surface area contributed by atoms with E-state index in [1.807, 2.05) is 12.1 Å². The Morgan fingerprint density at radius 2 is 1.45 bits per heavy atom. The molecular weight excluding hydrogens is 411 g/mol. The second-order valence-electron chi connectivity index (χ2n) is 7.81. The quantitative estimate of drug-likeness (QED) is 0.223. The molecule has 0 heterocycles. The number of fused-ring (bicyclic) bond motifs is 3. The lowest BCUT2D eigenvalue weighted by molar-refractivity contribution is -0.276. The number of unbranched alkanes of at least 4 members (excludes halogenated alkanes) is 2. The van der Waals surface area contributed by atoms with E-state index in [0.29, 0.717) is 12.0 Å². The molecule has 6 heteroatoms. The Morgan fingerprint density at radius 3 is 2.10 bits per heavy atom. The van der Waals surface area contributed by atoms with Crippen LogP contribution < -0.4 is 4.74 Å². The zero-order valence-corrected chi connectivity index (χ0v) is 17.0. The highest BCUT2D eigenvalue weighted by atomic mass is 19.4. The van der Waals surface area contributed by atoms with Crippen LogP contribution in [0, 0.1) is 11.6 Å². The third-order valence-electron chi connectivity index (χ3n) is 5.56. The largest absolute Gasteiger partial charge is 0.573 e. The fraction of sp³-hybridized carbons (Fsp3) is 0.280. The monoisotopic (exact) mass is 432 g/mol. The first-order chi connectivity index (χ1) is 14.7. The number of alkyl halides is 3. The normalized spacial score (nSPS) is 12.6. The summed E-state index contributed by atoms with van der Waals surface area (Å²) in [6.07, 6.45) is 0.0910. The molecule has 0 N–H and O–H groups in total. The van der Waals surface area contributed by atoms with Crippen LogP contribution in [-0.4, -0.2) is 6.36 Å². The van der Waals surface area contributed by atoms with E-state index in [1.165, 1.54) is 24.0 Å². The Kier molecular flexibility index (Phi) is 5.73. The summed E-state index contributed by atoms with van der Waals surface area (Å²) in [4.78, 5) is 0. The molecule has 0 atom stereocenters. The SMILES string of the molecule is CCCCCc1ccc2c(c1)Cc1cc(-c3cc(F)c(OC(F)(F)F)c(F)c3)ccc1-2. The minimum atomic E-state index is -5.17. The highest BCUT2D eigenvalue weighted by Crippen LogP contribution is 2.40. The third-order valence-corrected chi connectivity index (χ3v) is 5.56. The van der Waals surface area contributed by atoms with Gasteiger partial charge in [-0.2, -0.15) is 0 Å². The van der Waals surface area contributed by atoms with Crippen molar-refractivity contribution in [1.82, 2.24) is 0 Å². The van der Waals surface area contributed by atoms with Crippen molar-refractivity contribution < 1.29 is 26.7 Å². The van der Waals surface area contributed by atoms with Crippen molar-refractivity contribution in [3.8, 4) is 28.0 Å². The first-order valence-corrected chi connectivity index (χ1v) is 10.3. The summed E-state index contributed by atoms with van der Waals surface area (Å²) in [6.45, 7) is 2.17. The Bertz CT molecular complexity index is 1090. The van der Waals surface area contributed by atoms with Gasteiger partial charge in [0.25, 0.3) is 0 Å². The van der Waals surface area contributed by atoms with E-state index in [1.54, 1.807) is 6.07 Å². The van der Waals surface area contributed by atoms with Gasteiger partial charge in [0.05, 0.1) is 0 Å². The number of rotatable bonds is 6. The number of aryl methyl sites for hydroxylation is 1. The Balaban J connectivity index is 1.60. The van der Waals surface area contributed by atoms with Gasteiger partial charge in [-0.05, 0) is 70.3 Å². The van der Waals surface area contributed by atoms with Crippen LogP contribution >= 0.6 is 0 Å². The topological polar surface area (TPSA) is 9.23 Å². The molecule has 0 aliphatic heterocycles. The summed E-state index contributed by atoms with van der Waals surface area (Å²) in [6, 6.07) is 13.6. The van der Waals surface area contributed by atoms with Gasteiger partial charge in [-0.3, -0.25) is 0 Å². The van der Waals surface area contributed by atoms with E-state index in [9.17, 15) is 22.0 Å². The van der Waals surface area contributed by atoms with E-state index in [4.69, 9.17) is 0 Å². The second-order valence-corrected chi connectivity index (χ2v) is 7.81. The van der Waals surface area contributed by atoms with Gasteiger partial charge >= 0.3 is 6.36 Å². The van der Waals surface area contributed by atoms with Gasteiger partial charge in [0, 0.05) is 0 Å². The zero-order valence-electron chi connectivity index (χ0n) is 17.0. The lowest BCUT2D eigenvalue weighted by Crippen LogP contribution is -2.19. The minimum absolute atomic E-state index is 0.156. The molecule has 0 amide bonds. The summed E-state index contributed by atoms with van der Waals surface area (Å²) in [5.74, 6) is -4.24. The van der Waals surface area contributed by atoms with Crippen LogP contribution in [0.5, 0.6) is 5.75 Å². The van der Waals surface area contributed by atoms with Crippen LogP contribution in [0.4, 0.5) is 22.0 Å². The van der Waals surface area contributed by atoms with Gasteiger partial charge in [0.2, 0.25) is 5.75 Å². The lowest BCUT2D eigenvalue weighted by atomic mass is 9.98. The maximum Gasteiger partial charge on any atom is 0.573 e. The van der Waals surface area contributed by atoms with Crippen molar-refractivity contribution in [3.63, 3.8) is 0 Å². The van der Waals surface area contributed by atoms with E-state index < -0.39 is 23.7 Å². The predicted molar refractivity (Wildman–Crippen MR) is 110 cm³/mol. The Labute approximate surface area is 177 Å². The van der Waals surface area contributed by atoms with Gasteiger partial charge in [-0.15, -0.1) is 13.2 Å². The van der Waals surface area contributed by atoms with Gasteiger partial charge in [-0.1, -0.05) is 56.2 Å². The second kappa shape index (κ2) is 8.33. The molecule has 0 saturated heterocycles. The number of hydrogen-bond donors (Lipinski definition) is 0. The first-order valence-electron chi connectivity index (χ1n) is 10.3. The summed E-state index contributed by atoms with van der Waals surface area (Å²) in [7, 11) is 0. The Morgan fingerprint density at radius 1 is 0.806 bits per heavy atom. The molecule has 1 aliphatic carbocycles. The fourth-order valence-corrected chi connectivity index (χ4v) is 4.12. The molecule has 0 saturated carbocycles. The molecule has 31 heavy (non-hydrogen) atoms. The summed E-state index contributed by atoms with van der Waals surface area (Å²) >= 11 is 0. The van der Waals surface area contributed by atoms with Crippen LogP contribution in [0.15, 0.2) is 48.5 Å². The third kappa shape index (κ3) is 4.58. The van der Waals surface area contributed by atoms with Crippen molar-refractivity contribution >= 4 is 0 Å². The summed E-state index contributed by atoms with van der Waals surface area (Å²) in [5.41, 5.74) is 6.44. The number of ether oxygens (including phenoxy) is 1. The van der Waals surface area contributed by atoms with Crippen molar-refractivity contribution in [2.24, 2.45) is 0 Å². The van der Waals surface area contributed by atoms with E-state index in [-0.39, 0.29) is 5.56 Å². The standard InChI is InChI=1S/C25H21F5O/c1-2-3-4-5-15-6-8-20-18(10-15)12-19-11-16(7-9-21(19)20)17-13-22(26)24(23(27)14-17)31-25(28,29)30/h6-11,13-14H,2-5,12H2,1H3. The van der Waals surface area contributed by atoms with Crippen LogP contribution in [0.3, 0.4) is 0 Å². The van der Waals surface area contributed by atoms with Crippen LogP contribution in [-0.2, 0) is 12.8 Å². The highest BCUT2D eigenvalue weighted by Gasteiger charge is 2.34. The van der Waals surface area contributed by atoms with Gasteiger partial charge < -0.3 is 4.74 Å². The molecule has 0 spiro atoms. The average molecular weight is 432 g/mol. The Hall–Kier alpha value is -2.89. The van der Waals surface area contributed by atoms with Gasteiger partial charge in [0.15, 0.2) is 11.6 Å². The van der Waals surface area contributed by atoms with Crippen molar-refractivity contribution in [2.75, 3.05) is 0 Å². The predicted octanol–water partition coefficient (Wildman–Crippen LogP) is 7.83. The van der Waals surface area contributed by atoms with Crippen molar-refractivity contribution in [2.45, 2.75) is 45.4 Å². The molecule has 0 unspecified atom stereocenters. The maximum absolute atomic E-state index is 14.1. The van der Waals surface area contributed by atoms with E-state index >= 15 is 0 Å². The minimum Gasteiger partial charge on any atom is -0.399 e. The van der Waals surface area contributed by atoms with E-state index in [2.05, 4.69) is 29.9 Å². The van der Waals surface area contributed by atoms with Crippen molar-refractivity contribution in [3.05, 3.63) is 76.9 Å². The molecule has 0 radical (unpaired) electrons. The number of hydrogen-bond acceptors (Lipinski definition) is 1. The molecule has 0 aromatic heterocycles. The smallest absolute Gasteiger partial charge is 0.399 e.